The Morgan fingerprint density at radius 2 is 2.14 bits per heavy atom. The highest BCUT2D eigenvalue weighted by atomic mass is 16.5. The molecule has 1 aliphatic heterocycles. The lowest BCUT2D eigenvalue weighted by Crippen LogP contribution is -2.49. The van der Waals surface area contributed by atoms with Crippen LogP contribution in [0.3, 0.4) is 0 Å². The van der Waals surface area contributed by atoms with Gasteiger partial charge >= 0.3 is 0 Å². The first-order valence-electron chi connectivity index (χ1n) is 9.54. The van der Waals surface area contributed by atoms with E-state index in [0.717, 1.165) is 11.1 Å². The molecule has 150 valence electrons. The van der Waals surface area contributed by atoms with Gasteiger partial charge in [-0.25, -0.2) is 4.98 Å². The van der Waals surface area contributed by atoms with Gasteiger partial charge in [0, 0.05) is 48.7 Å². The Balaban J connectivity index is 2.06. The lowest BCUT2D eigenvalue weighted by molar-refractivity contribution is 0.0348. The molecule has 0 fully saturated rings. The second kappa shape index (κ2) is 8.67. The number of likely N-dealkylation sites (N-methyl/N-ethyl adjacent to an activating group) is 1. The van der Waals surface area contributed by atoms with Crippen LogP contribution in [0, 0.1) is 5.92 Å². The van der Waals surface area contributed by atoms with Gasteiger partial charge in [-0.15, -0.1) is 0 Å². The monoisotopic (exact) mass is 384 g/mol. The minimum atomic E-state index is -0.289. The molecule has 7 heteroatoms. The van der Waals surface area contributed by atoms with E-state index in [1.807, 2.05) is 39.2 Å². The zero-order valence-electron chi connectivity index (χ0n) is 16.9. The van der Waals surface area contributed by atoms with Gasteiger partial charge in [-0.3, -0.25) is 9.78 Å². The van der Waals surface area contributed by atoms with Crippen LogP contribution in [0.25, 0.3) is 11.1 Å². The van der Waals surface area contributed by atoms with E-state index in [4.69, 9.17) is 4.74 Å². The molecule has 0 saturated heterocycles. The molecular weight excluding hydrogens is 356 g/mol. The third-order valence-electron chi connectivity index (χ3n) is 5.06. The van der Waals surface area contributed by atoms with Crippen LogP contribution >= 0.6 is 0 Å². The SMILES string of the molecule is C[C@H](CO)N1C[C@H](C)[C@H](CN(C)C)Oc2ncc(-c3cccnc3)cc2C1=O. The number of carbonyl (C=O) groups excluding carboxylic acids is 1. The van der Waals surface area contributed by atoms with Crippen molar-refractivity contribution in [1.82, 2.24) is 19.8 Å². The number of rotatable bonds is 5. The molecule has 7 nitrogen and oxygen atoms in total. The van der Waals surface area contributed by atoms with E-state index < -0.39 is 0 Å². The molecule has 0 aliphatic carbocycles. The van der Waals surface area contributed by atoms with Crippen molar-refractivity contribution in [3.05, 3.63) is 42.4 Å². The maximum Gasteiger partial charge on any atom is 0.259 e. The smallest absolute Gasteiger partial charge is 0.259 e. The van der Waals surface area contributed by atoms with Crippen molar-refractivity contribution in [2.45, 2.75) is 26.0 Å². The molecule has 3 rings (SSSR count). The van der Waals surface area contributed by atoms with Crippen molar-refractivity contribution in [1.29, 1.82) is 0 Å². The van der Waals surface area contributed by atoms with Crippen LogP contribution in [0.1, 0.15) is 24.2 Å². The van der Waals surface area contributed by atoms with Crippen molar-refractivity contribution in [2.75, 3.05) is 33.8 Å². The summed E-state index contributed by atoms with van der Waals surface area (Å²) >= 11 is 0. The first-order valence-corrected chi connectivity index (χ1v) is 9.54. The van der Waals surface area contributed by atoms with Crippen LogP contribution in [-0.4, -0.2) is 76.7 Å². The Morgan fingerprint density at radius 3 is 2.79 bits per heavy atom. The zero-order chi connectivity index (χ0) is 20.3. The fourth-order valence-corrected chi connectivity index (χ4v) is 3.37. The van der Waals surface area contributed by atoms with Gasteiger partial charge in [-0.05, 0) is 33.2 Å². The maximum atomic E-state index is 13.3. The second-order valence-corrected chi connectivity index (χ2v) is 7.70. The third kappa shape index (κ3) is 4.31. The number of aliphatic hydroxyl groups is 1. The summed E-state index contributed by atoms with van der Waals surface area (Å²) in [5.74, 6) is 0.254. The maximum absolute atomic E-state index is 13.3. The van der Waals surface area contributed by atoms with Crippen molar-refractivity contribution < 1.29 is 14.6 Å². The summed E-state index contributed by atoms with van der Waals surface area (Å²) in [4.78, 5) is 25.7. The number of carbonyl (C=O) groups is 1. The van der Waals surface area contributed by atoms with E-state index in [2.05, 4.69) is 21.8 Å². The number of fused-ring (bicyclic) bond motifs is 1. The first-order chi connectivity index (χ1) is 13.4. The molecule has 2 aromatic rings. The lowest BCUT2D eigenvalue weighted by Gasteiger charge is -2.37. The van der Waals surface area contributed by atoms with E-state index in [1.165, 1.54) is 0 Å². The molecule has 1 amide bonds. The number of hydrogen-bond acceptors (Lipinski definition) is 6. The largest absolute Gasteiger partial charge is 0.472 e. The number of aromatic nitrogens is 2. The van der Waals surface area contributed by atoms with Crippen LogP contribution in [0.5, 0.6) is 5.88 Å². The van der Waals surface area contributed by atoms with Crippen LogP contribution < -0.4 is 4.74 Å². The fourth-order valence-electron chi connectivity index (χ4n) is 3.37. The predicted molar refractivity (Wildman–Crippen MR) is 107 cm³/mol. The van der Waals surface area contributed by atoms with Crippen molar-refractivity contribution in [3.63, 3.8) is 0 Å². The van der Waals surface area contributed by atoms with Crippen LogP contribution in [0.4, 0.5) is 0 Å². The Bertz CT molecular complexity index is 813. The zero-order valence-corrected chi connectivity index (χ0v) is 16.9. The van der Waals surface area contributed by atoms with Gasteiger partial charge in [-0.1, -0.05) is 13.0 Å². The second-order valence-electron chi connectivity index (χ2n) is 7.70. The van der Waals surface area contributed by atoms with Gasteiger partial charge in [0.2, 0.25) is 5.88 Å². The molecule has 0 bridgehead atoms. The Labute approximate surface area is 166 Å². The van der Waals surface area contributed by atoms with E-state index >= 15 is 0 Å². The molecule has 2 aromatic heterocycles. The molecular formula is C21H28N4O3. The van der Waals surface area contributed by atoms with Crippen molar-refractivity contribution >= 4 is 5.91 Å². The summed E-state index contributed by atoms with van der Waals surface area (Å²) < 4.78 is 6.20. The van der Waals surface area contributed by atoms with Crippen LogP contribution in [0.2, 0.25) is 0 Å². The average molecular weight is 384 g/mol. The minimum absolute atomic E-state index is 0.0910. The first kappa shape index (κ1) is 20.2. The summed E-state index contributed by atoms with van der Waals surface area (Å²) in [5.41, 5.74) is 2.10. The van der Waals surface area contributed by atoms with Gasteiger partial charge < -0.3 is 19.6 Å². The number of nitrogens with zero attached hydrogens (tertiary/aromatic N) is 4. The van der Waals surface area contributed by atoms with E-state index in [1.54, 1.807) is 23.5 Å². The topological polar surface area (TPSA) is 78.8 Å². The molecule has 3 heterocycles. The number of hydrogen-bond donors (Lipinski definition) is 1. The van der Waals surface area contributed by atoms with Gasteiger partial charge in [0.1, 0.15) is 11.7 Å². The summed E-state index contributed by atoms with van der Waals surface area (Å²) in [7, 11) is 3.99. The standard InChI is InChI=1S/C21H28N4O3/c1-14-11-25(15(2)13-26)21(27)18-8-17(16-6-5-7-22-9-16)10-23-20(18)28-19(14)12-24(3)4/h5-10,14-15,19,26H,11-13H2,1-4H3/t14-,15+,19-/m0/s1. The van der Waals surface area contributed by atoms with Gasteiger partial charge in [0.15, 0.2) is 0 Å². The van der Waals surface area contributed by atoms with Crippen LogP contribution in [-0.2, 0) is 0 Å². The average Bonchev–Trinajstić information content (AvgIpc) is 2.70. The molecule has 3 atom stereocenters. The molecule has 28 heavy (non-hydrogen) atoms. The molecule has 0 unspecified atom stereocenters. The lowest BCUT2D eigenvalue weighted by atomic mass is 9.99. The number of aliphatic hydroxyl groups excluding tert-OH is 1. The summed E-state index contributed by atoms with van der Waals surface area (Å²) in [6.45, 7) is 5.04. The number of pyridine rings is 2. The van der Waals surface area contributed by atoms with Crippen molar-refractivity contribution in [3.8, 4) is 17.0 Å². The Morgan fingerprint density at radius 1 is 1.36 bits per heavy atom. The van der Waals surface area contributed by atoms with Gasteiger partial charge in [0.05, 0.1) is 12.6 Å². The summed E-state index contributed by atoms with van der Waals surface area (Å²) in [5, 5.41) is 9.69. The molecule has 0 aromatic carbocycles. The highest BCUT2D eigenvalue weighted by molar-refractivity contribution is 5.98. The molecule has 0 radical (unpaired) electrons. The molecule has 1 aliphatic rings. The van der Waals surface area contributed by atoms with Gasteiger partial charge in [0.25, 0.3) is 5.91 Å². The molecule has 0 spiro atoms. The number of amides is 1. The normalized spacial score (nSPS) is 20.9. The Hall–Kier alpha value is -2.51. The summed E-state index contributed by atoms with van der Waals surface area (Å²) in [6.07, 6.45) is 5.04. The molecule has 0 saturated carbocycles. The third-order valence-corrected chi connectivity index (χ3v) is 5.06. The minimum Gasteiger partial charge on any atom is -0.472 e. The van der Waals surface area contributed by atoms with E-state index in [-0.39, 0.29) is 30.6 Å². The highest BCUT2D eigenvalue weighted by Crippen LogP contribution is 2.30. The Kier molecular flexibility index (Phi) is 6.26. The van der Waals surface area contributed by atoms with Gasteiger partial charge in [-0.2, -0.15) is 0 Å². The van der Waals surface area contributed by atoms with Crippen molar-refractivity contribution in [2.24, 2.45) is 5.92 Å². The molecule has 1 N–H and O–H groups in total. The van der Waals surface area contributed by atoms with E-state index in [9.17, 15) is 9.90 Å². The number of ether oxygens (including phenoxy) is 1. The predicted octanol–water partition coefficient (Wildman–Crippen LogP) is 1.93. The van der Waals surface area contributed by atoms with E-state index in [0.29, 0.717) is 24.5 Å². The highest BCUT2D eigenvalue weighted by Gasteiger charge is 2.33. The van der Waals surface area contributed by atoms with Crippen LogP contribution in [0.15, 0.2) is 36.8 Å². The fraction of sp³-hybridized carbons (Fsp3) is 0.476. The summed E-state index contributed by atoms with van der Waals surface area (Å²) in [6, 6.07) is 5.29. The quantitative estimate of drug-likeness (QED) is 0.849.